The minimum atomic E-state index is -1.48. The zero-order valence-electron chi connectivity index (χ0n) is 25.2. The van der Waals surface area contributed by atoms with E-state index in [0.29, 0.717) is 56.4 Å². The fraction of sp³-hybridized carbons (Fsp3) is 0.750. The number of fused-ring (bicyclic) bond motifs is 2. The molecule has 0 aromatic heterocycles. The summed E-state index contributed by atoms with van der Waals surface area (Å²) >= 11 is 0. The second-order valence-corrected chi connectivity index (χ2v) is 13.7. The van der Waals surface area contributed by atoms with E-state index in [9.17, 15) is 19.8 Å². The molecule has 10 heteroatoms. The Bertz CT molecular complexity index is 1290. The minimum Gasteiger partial charge on any atom is -0.454 e. The molecule has 1 aromatic rings. The van der Waals surface area contributed by atoms with Gasteiger partial charge in [0.15, 0.2) is 0 Å². The normalized spacial score (nSPS) is 48.2. The molecule has 230 valence electrons. The molecule has 6 aliphatic rings. The minimum absolute atomic E-state index is 0.0432. The van der Waals surface area contributed by atoms with E-state index in [1.54, 1.807) is 45.6 Å². The van der Waals surface area contributed by atoms with Crippen molar-refractivity contribution < 1.29 is 38.7 Å². The van der Waals surface area contributed by atoms with Gasteiger partial charge in [0.25, 0.3) is 0 Å². The number of aliphatic hydroxyl groups is 2. The van der Waals surface area contributed by atoms with Gasteiger partial charge in [0.1, 0.15) is 16.8 Å². The molecule has 1 spiro atoms. The summed E-state index contributed by atoms with van der Waals surface area (Å²) < 4.78 is 25.1. The molecule has 3 N–H and O–H groups in total. The van der Waals surface area contributed by atoms with E-state index in [1.807, 2.05) is 0 Å². The Labute approximate surface area is 247 Å². The number of anilines is 1. The van der Waals surface area contributed by atoms with Gasteiger partial charge in [0.05, 0.1) is 29.6 Å². The van der Waals surface area contributed by atoms with Crippen LogP contribution in [0.1, 0.15) is 56.3 Å². The molecule has 42 heavy (non-hydrogen) atoms. The van der Waals surface area contributed by atoms with E-state index in [-0.39, 0.29) is 47.8 Å². The van der Waals surface area contributed by atoms with Gasteiger partial charge in [-0.3, -0.25) is 9.69 Å². The lowest BCUT2D eigenvalue weighted by atomic mass is 9.44. The van der Waals surface area contributed by atoms with Gasteiger partial charge in [0, 0.05) is 76.3 Å². The molecule has 6 fully saturated rings. The number of para-hydroxylation sites is 1. The van der Waals surface area contributed by atoms with E-state index < -0.39 is 34.3 Å². The summed E-state index contributed by atoms with van der Waals surface area (Å²) in [4.78, 5) is 28.3. The number of likely N-dealkylation sites (tertiary alicyclic amines) is 1. The molecule has 5 aliphatic carbocycles. The lowest BCUT2D eigenvalue weighted by molar-refractivity contribution is -0.337. The summed E-state index contributed by atoms with van der Waals surface area (Å²) in [6, 6.07) is 6.89. The number of carbonyl (C=O) groups excluding carboxylic acids is 2. The van der Waals surface area contributed by atoms with Crippen molar-refractivity contribution >= 4 is 17.6 Å². The number of amides is 1. The molecule has 1 aliphatic heterocycles. The summed E-state index contributed by atoms with van der Waals surface area (Å²) in [7, 11) is 5.05. The number of hydrogen-bond acceptors (Lipinski definition) is 9. The maximum atomic E-state index is 14.0. The second kappa shape index (κ2) is 9.46. The van der Waals surface area contributed by atoms with Crippen molar-refractivity contribution in [2.75, 3.05) is 39.7 Å². The molecular weight excluding hydrogens is 540 g/mol. The van der Waals surface area contributed by atoms with Gasteiger partial charge in [0.2, 0.25) is 5.91 Å². The van der Waals surface area contributed by atoms with Crippen LogP contribution in [0, 0.1) is 29.1 Å². The molecule has 10 nitrogen and oxygen atoms in total. The maximum absolute atomic E-state index is 14.0. The van der Waals surface area contributed by atoms with Gasteiger partial charge in [-0.15, -0.1) is 0 Å². The molecule has 5 saturated carbocycles. The first-order valence-electron chi connectivity index (χ1n) is 15.4. The maximum Gasteiger partial charge on any atom is 0.340 e. The largest absolute Gasteiger partial charge is 0.454 e. The predicted molar refractivity (Wildman–Crippen MR) is 152 cm³/mol. The molecule has 1 amide bonds. The molecule has 1 heterocycles. The van der Waals surface area contributed by atoms with Gasteiger partial charge in [-0.05, 0) is 44.4 Å². The molecule has 1 aromatic carbocycles. The van der Waals surface area contributed by atoms with Crippen LogP contribution >= 0.6 is 0 Å². The Balaban J connectivity index is 1.38. The number of nitrogens with zero attached hydrogens (tertiary/aromatic N) is 1. The summed E-state index contributed by atoms with van der Waals surface area (Å²) in [5.74, 6) is -1.54. The molecule has 12 atom stereocenters. The lowest BCUT2D eigenvalue weighted by Crippen LogP contribution is -2.83. The third-order valence-electron chi connectivity index (χ3n) is 12.6. The van der Waals surface area contributed by atoms with Gasteiger partial charge < -0.3 is 34.5 Å². The highest BCUT2D eigenvalue weighted by atomic mass is 16.6. The SMILES string of the molecule is CCN1C[C@]2(OC(=O)c3ccccc3NC(C)=O)CC[C@@H](OC)[C@]34[C@H]1[C@@H](C[C@@H]23)[C@@]1(O)C[C@H](OC)[C@@H]2C[C@@H]4[C@]1(O)[C@H]2OC. The standard InChI is InChI=1S/C32H44N2O8/c1-6-34-16-29(42-28(36)18-9-7-8-10-21(18)33-17(2)35)12-11-25(40-4)31-23(29)14-20(26(31)34)30(37)15-22(39-3)19-13-24(31)32(30,38)27(19)41-5/h7-10,19-20,22-27,37-38H,6,11-16H2,1-5H3,(H,33,35)/t19-,20+,22-,23-,24-,25+,26+,27-,29+,30-,31-,32-/m0/s1. The summed E-state index contributed by atoms with van der Waals surface area (Å²) in [6.45, 7) is 4.79. The quantitative estimate of drug-likeness (QED) is 0.414. The predicted octanol–water partition coefficient (Wildman–Crippen LogP) is 2.22. The number of likely N-dealkylation sites (N-methyl/N-ethyl adjacent to an activating group) is 1. The molecule has 1 saturated heterocycles. The third kappa shape index (κ3) is 3.21. The van der Waals surface area contributed by atoms with E-state index in [1.165, 1.54) is 6.92 Å². The first kappa shape index (κ1) is 28.7. The van der Waals surface area contributed by atoms with Gasteiger partial charge in [-0.2, -0.15) is 0 Å². The number of rotatable bonds is 7. The van der Waals surface area contributed by atoms with Crippen molar-refractivity contribution in [3.63, 3.8) is 0 Å². The molecular formula is C32H44N2O8. The van der Waals surface area contributed by atoms with Crippen LogP contribution in [-0.4, -0.2) is 103 Å². The molecule has 0 unspecified atom stereocenters. The van der Waals surface area contributed by atoms with E-state index in [2.05, 4.69) is 17.1 Å². The first-order valence-corrected chi connectivity index (χ1v) is 15.4. The summed E-state index contributed by atoms with van der Waals surface area (Å²) in [5.41, 5.74) is -3.57. The highest BCUT2D eigenvalue weighted by Gasteiger charge is 2.89. The van der Waals surface area contributed by atoms with Crippen LogP contribution in [0.5, 0.6) is 0 Å². The number of nitrogens with one attached hydrogen (secondary N) is 1. The molecule has 7 rings (SSSR count). The van der Waals surface area contributed by atoms with Crippen LogP contribution in [0.2, 0.25) is 0 Å². The zero-order chi connectivity index (χ0) is 29.8. The molecule has 0 radical (unpaired) electrons. The van der Waals surface area contributed by atoms with Crippen LogP contribution < -0.4 is 5.32 Å². The van der Waals surface area contributed by atoms with Gasteiger partial charge in [-0.25, -0.2) is 4.79 Å². The highest BCUT2D eigenvalue weighted by Crippen LogP contribution is 2.79. The van der Waals surface area contributed by atoms with Crippen LogP contribution in [0.3, 0.4) is 0 Å². The fourth-order valence-electron chi connectivity index (χ4n) is 11.6. The Morgan fingerprint density at radius 3 is 2.50 bits per heavy atom. The third-order valence-corrected chi connectivity index (χ3v) is 12.6. The van der Waals surface area contributed by atoms with Crippen molar-refractivity contribution in [3.05, 3.63) is 29.8 Å². The average molecular weight is 585 g/mol. The number of hydrogen-bond donors (Lipinski definition) is 3. The lowest BCUT2D eigenvalue weighted by Gasteiger charge is -2.70. The van der Waals surface area contributed by atoms with E-state index in [4.69, 9.17) is 18.9 Å². The summed E-state index contributed by atoms with van der Waals surface area (Å²) in [6.07, 6.45) is 1.91. The number of benzene rings is 1. The van der Waals surface area contributed by atoms with Crippen LogP contribution in [0.4, 0.5) is 5.69 Å². The number of carbonyl (C=O) groups is 2. The first-order chi connectivity index (χ1) is 20.1. The second-order valence-electron chi connectivity index (χ2n) is 13.7. The monoisotopic (exact) mass is 584 g/mol. The topological polar surface area (TPSA) is 127 Å². The van der Waals surface area contributed by atoms with Crippen LogP contribution in [-0.2, 0) is 23.7 Å². The Morgan fingerprint density at radius 1 is 1.07 bits per heavy atom. The van der Waals surface area contributed by atoms with Crippen molar-refractivity contribution in [2.45, 2.75) is 87.1 Å². The van der Waals surface area contributed by atoms with Crippen LogP contribution in [0.25, 0.3) is 0 Å². The van der Waals surface area contributed by atoms with E-state index >= 15 is 0 Å². The van der Waals surface area contributed by atoms with Crippen molar-refractivity contribution in [3.8, 4) is 0 Å². The number of piperidine rings is 1. The number of esters is 1. The van der Waals surface area contributed by atoms with Crippen molar-refractivity contribution in [1.82, 2.24) is 4.90 Å². The van der Waals surface area contributed by atoms with Crippen molar-refractivity contribution in [2.24, 2.45) is 29.1 Å². The Hall–Kier alpha value is -2.08. The smallest absolute Gasteiger partial charge is 0.340 e. The molecule has 7 bridgehead atoms. The summed E-state index contributed by atoms with van der Waals surface area (Å²) in [5, 5.41) is 28.4. The number of methoxy groups -OCH3 is 3. The Kier molecular flexibility index (Phi) is 6.46. The highest BCUT2D eigenvalue weighted by molar-refractivity contribution is 6.00. The van der Waals surface area contributed by atoms with Crippen molar-refractivity contribution in [1.29, 1.82) is 0 Å². The van der Waals surface area contributed by atoms with Crippen LogP contribution in [0.15, 0.2) is 24.3 Å². The van der Waals surface area contributed by atoms with Gasteiger partial charge >= 0.3 is 5.97 Å². The Morgan fingerprint density at radius 2 is 1.83 bits per heavy atom. The fourth-order valence-corrected chi connectivity index (χ4v) is 11.6. The van der Waals surface area contributed by atoms with E-state index in [0.717, 1.165) is 0 Å². The zero-order valence-corrected chi connectivity index (χ0v) is 25.2. The van der Waals surface area contributed by atoms with Gasteiger partial charge in [-0.1, -0.05) is 19.1 Å². The number of ether oxygens (including phenoxy) is 4. The average Bonchev–Trinajstić information content (AvgIpc) is 3.39.